The van der Waals surface area contributed by atoms with Crippen LogP contribution in [0.4, 0.5) is 0 Å². The van der Waals surface area contributed by atoms with Crippen LogP contribution in [0.25, 0.3) is 0 Å². The monoisotopic (exact) mass is 173 g/mol. The highest BCUT2D eigenvalue weighted by molar-refractivity contribution is 5.75. The normalized spacial score (nSPS) is 15.8. The first-order valence-electron chi connectivity index (χ1n) is 4.45. The minimum Gasteiger partial charge on any atom is -0.462 e. The number of carbonyl (C=O) groups excluding carboxylic acids is 1. The van der Waals surface area contributed by atoms with E-state index in [9.17, 15) is 4.79 Å². The molecule has 0 aromatic rings. The maximum atomic E-state index is 11.2. The lowest BCUT2D eigenvalue weighted by atomic mass is 10.1. The Hall–Kier alpha value is -0.570. The summed E-state index contributed by atoms with van der Waals surface area (Å²) in [4.78, 5) is 11.2. The first-order valence-corrected chi connectivity index (χ1v) is 4.45. The van der Waals surface area contributed by atoms with Crippen molar-refractivity contribution in [3.05, 3.63) is 0 Å². The van der Waals surface area contributed by atoms with E-state index in [1.807, 2.05) is 27.7 Å². The van der Waals surface area contributed by atoms with E-state index < -0.39 is 6.04 Å². The third kappa shape index (κ3) is 3.72. The third-order valence-corrected chi connectivity index (χ3v) is 1.88. The lowest BCUT2D eigenvalue weighted by Crippen LogP contribution is -2.38. The van der Waals surface area contributed by atoms with Crippen molar-refractivity contribution in [3.8, 4) is 0 Å². The largest absolute Gasteiger partial charge is 0.462 e. The molecule has 0 heterocycles. The van der Waals surface area contributed by atoms with Gasteiger partial charge >= 0.3 is 5.97 Å². The molecule has 0 aromatic carbocycles. The predicted molar refractivity (Wildman–Crippen MR) is 48.7 cm³/mol. The van der Waals surface area contributed by atoms with Crippen LogP contribution in [0, 0.1) is 5.92 Å². The fraction of sp³-hybridized carbons (Fsp3) is 0.889. The topological polar surface area (TPSA) is 52.3 Å². The number of esters is 1. The third-order valence-electron chi connectivity index (χ3n) is 1.88. The molecule has 3 nitrogen and oxygen atoms in total. The van der Waals surface area contributed by atoms with Gasteiger partial charge < -0.3 is 10.5 Å². The van der Waals surface area contributed by atoms with Crippen LogP contribution in [0.2, 0.25) is 0 Å². The van der Waals surface area contributed by atoms with E-state index in [0.29, 0.717) is 0 Å². The maximum absolute atomic E-state index is 11.2. The Morgan fingerprint density at radius 1 is 1.42 bits per heavy atom. The Morgan fingerprint density at radius 2 is 1.92 bits per heavy atom. The van der Waals surface area contributed by atoms with Gasteiger partial charge in [-0.25, -0.2) is 0 Å². The second kappa shape index (κ2) is 5.14. The zero-order valence-corrected chi connectivity index (χ0v) is 8.33. The summed E-state index contributed by atoms with van der Waals surface area (Å²) in [5.41, 5.74) is 5.59. The van der Waals surface area contributed by atoms with Crippen molar-refractivity contribution in [2.24, 2.45) is 11.7 Å². The molecular formula is C9H19NO2. The Balaban J connectivity index is 3.87. The molecule has 0 radical (unpaired) electrons. The molecule has 12 heavy (non-hydrogen) atoms. The van der Waals surface area contributed by atoms with E-state index in [0.717, 1.165) is 6.42 Å². The summed E-state index contributed by atoms with van der Waals surface area (Å²) in [5.74, 6) is -0.152. The van der Waals surface area contributed by atoms with Gasteiger partial charge in [0.05, 0.1) is 6.10 Å². The Kier molecular flexibility index (Phi) is 4.90. The van der Waals surface area contributed by atoms with Gasteiger partial charge in [0.2, 0.25) is 0 Å². The molecule has 0 aliphatic carbocycles. The number of carbonyl (C=O) groups is 1. The Morgan fingerprint density at radius 3 is 2.25 bits per heavy atom. The van der Waals surface area contributed by atoms with Crippen molar-refractivity contribution in [2.75, 3.05) is 0 Å². The zero-order valence-electron chi connectivity index (χ0n) is 8.33. The van der Waals surface area contributed by atoms with Gasteiger partial charge in [0.1, 0.15) is 6.04 Å². The number of hydrogen-bond acceptors (Lipinski definition) is 3. The van der Waals surface area contributed by atoms with Gasteiger partial charge in [0.15, 0.2) is 0 Å². The van der Waals surface area contributed by atoms with Crippen LogP contribution in [-0.4, -0.2) is 18.1 Å². The molecule has 2 atom stereocenters. The SMILES string of the molecule is CC[C@H](C)OC(=O)[C@H](N)C(C)C. The molecule has 72 valence electrons. The van der Waals surface area contributed by atoms with Gasteiger partial charge in [-0.3, -0.25) is 4.79 Å². The lowest BCUT2D eigenvalue weighted by molar-refractivity contribution is -0.151. The van der Waals surface area contributed by atoms with Gasteiger partial charge in [-0.1, -0.05) is 20.8 Å². The molecule has 0 fully saturated rings. The van der Waals surface area contributed by atoms with Crippen molar-refractivity contribution in [2.45, 2.75) is 46.3 Å². The van der Waals surface area contributed by atoms with Crippen molar-refractivity contribution in [1.82, 2.24) is 0 Å². The highest BCUT2D eigenvalue weighted by atomic mass is 16.5. The van der Waals surface area contributed by atoms with E-state index in [1.165, 1.54) is 0 Å². The molecule has 2 N–H and O–H groups in total. The average molecular weight is 173 g/mol. The van der Waals surface area contributed by atoms with Gasteiger partial charge in [0, 0.05) is 0 Å². The van der Waals surface area contributed by atoms with Crippen LogP contribution in [0.15, 0.2) is 0 Å². The van der Waals surface area contributed by atoms with Crippen LogP contribution in [0.1, 0.15) is 34.1 Å². The van der Waals surface area contributed by atoms with Gasteiger partial charge in [-0.05, 0) is 19.3 Å². The van der Waals surface area contributed by atoms with Crippen LogP contribution in [-0.2, 0) is 9.53 Å². The van der Waals surface area contributed by atoms with Crippen LogP contribution in [0.5, 0.6) is 0 Å². The van der Waals surface area contributed by atoms with E-state index >= 15 is 0 Å². The molecule has 0 spiro atoms. The van der Waals surface area contributed by atoms with Crippen LogP contribution < -0.4 is 5.73 Å². The van der Waals surface area contributed by atoms with Crippen molar-refractivity contribution in [1.29, 1.82) is 0 Å². The summed E-state index contributed by atoms with van der Waals surface area (Å²) < 4.78 is 5.06. The average Bonchev–Trinajstić information content (AvgIpc) is 2.02. The lowest BCUT2D eigenvalue weighted by Gasteiger charge is -2.17. The molecule has 0 saturated carbocycles. The minimum atomic E-state index is -0.487. The summed E-state index contributed by atoms with van der Waals surface area (Å²) in [6, 6.07) is -0.487. The highest BCUT2D eigenvalue weighted by Crippen LogP contribution is 2.04. The molecule has 3 heteroatoms. The first kappa shape index (κ1) is 11.4. The van der Waals surface area contributed by atoms with Crippen molar-refractivity contribution < 1.29 is 9.53 Å². The smallest absolute Gasteiger partial charge is 0.323 e. The van der Waals surface area contributed by atoms with E-state index in [-0.39, 0.29) is 18.0 Å². The maximum Gasteiger partial charge on any atom is 0.323 e. The summed E-state index contributed by atoms with van der Waals surface area (Å²) in [5, 5.41) is 0. The summed E-state index contributed by atoms with van der Waals surface area (Å²) >= 11 is 0. The highest BCUT2D eigenvalue weighted by Gasteiger charge is 2.19. The molecule has 0 aliphatic heterocycles. The molecule has 0 aliphatic rings. The minimum absolute atomic E-state index is 0.0256. The molecule has 0 saturated heterocycles. The fourth-order valence-electron chi connectivity index (χ4n) is 0.632. The molecule has 0 bridgehead atoms. The van der Waals surface area contributed by atoms with E-state index in [2.05, 4.69) is 0 Å². The molecule has 0 amide bonds. The van der Waals surface area contributed by atoms with Gasteiger partial charge in [0.25, 0.3) is 0 Å². The number of nitrogens with two attached hydrogens (primary N) is 1. The molecular weight excluding hydrogens is 154 g/mol. The fourth-order valence-corrected chi connectivity index (χ4v) is 0.632. The Bertz CT molecular complexity index is 145. The number of hydrogen-bond donors (Lipinski definition) is 1. The summed E-state index contributed by atoms with van der Waals surface area (Å²) in [6.45, 7) is 7.65. The van der Waals surface area contributed by atoms with Crippen LogP contribution in [0.3, 0.4) is 0 Å². The predicted octanol–water partition coefficient (Wildman–Crippen LogP) is 1.31. The molecule has 0 rings (SSSR count). The molecule has 0 unspecified atom stereocenters. The standard InChI is InChI=1S/C9H19NO2/c1-5-7(4)12-9(11)8(10)6(2)3/h6-8H,5,10H2,1-4H3/t7-,8+/m0/s1. The summed E-state index contributed by atoms with van der Waals surface area (Å²) in [6.07, 6.45) is 0.804. The zero-order chi connectivity index (χ0) is 9.72. The quantitative estimate of drug-likeness (QED) is 0.652. The van der Waals surface area contributed by atoms with Crippen molar-refractivity contribution in [3.63, 3.8) is 0 Å². The summed E-state index contributed by atoms with van der Waals surface area (Å²) in [7, 11) is 0. The second-order valence-electron chi connectivity index (χ2n) is 3.43. The first-order chi connectivity index (χ1) is 5.49. The number of rotatable bonds is 4. The van der Waals surface area contributed by atoms with Gasteiger partial charge in [-0.15, -0.1) is 0 Å². The van der Waals surface area contributed by atoms with Crippen molar-refractivity contribution >= 4 is 5.97 Å². The Labute approximate surface area is 74.3 Å². The molecule has 0 aromatic heterocycles. The van der Waals surface area contributed by atoms with E-state index in [4.69, 9.17) is 10.5 Å². The van der Waals surface area contributed by atoms with Crippen LogP contribution >= 0.6 is 0 Å². The van der Waals surface area contributed by atoms with E-state index in [1.54, 1.807) is 0 Å². The number of ether oxygens (including phenoxy) is 1. The van der Waals surface area contributed by atoms with Gasteiger partial charge in [-0.2, -0.15) is 0 Å². The second-order valence-corrected chi connectivity index (χ2v) is 3.43.